The Balaban J connectivity index is 2.23. The molecule has 12 heavy (non-hydrogen) atoms. The molecule has 0 saturated carbocycles. The molecule has 0 radical (unpaired) electrons. The van der Waals surface area contributed by atoms with E-state index in [0.717, 1.165) is 0 Å². The van der Waals surface area contributed by atoms with Crippen molar-refractivity contribution in [3.63, 3.8) is 0 Å². The highest BCUT2D eigenvalue weighted by Crippen LogP contribution is 2.07. The van der Waals surface area contributed by atoms with Gasteiger partial charge >= 0.3 is 6.03 Å². The summed E-state index contributed by atoms with van der Waals surface area (Å²) < 4.78 is 0. The maximum atomic E-state index is 11.1. The highest BCUT2D eigenvalue weighted by molar-refractivity contribution is 5.74. The van der Waals surface area contributed by atoms with Crippen LogP contribution in [0.1, 0.15) is 6.42 Å². The lowest BCUT2D eigenvalue weighted by Gasteiger charge is -2.15. The summed E-state index contributed by atoms with van der Waals surface area (Å²) in [5.41, 5.74) is 0. The molecule has 3 N–H and O–H groups in total. The fourth-order valence-corrected chi connectivity index (χ4v) is 1.20. The molecule has 1 rings (SSSR count). The zero-order chi connectivity index (χ0) is 8.97. The number of rotatable bonds is 2. The van der Waals surface area contributed by atoms with Crippen LogP contribution in [0.4, 0.5) is 4.79 Å². The van der Waals surface area contributed by atoms with Gasteiger partial charge in [-0.05, 0) is 6.42 Å². The van der Waals surface area contributed by atoms with E-state index in [2.05, 4.69) is 5.32 Å². The van der Waals surface area contributed by atoms with Crippen molar-refractivity contribution in [1.82, 2.24) is 10.2 Å². The fourth-order valence-electron chi connectivity index (χ4n) is 1.20. The van der Waals surface area contributed by atoms with Crippen LogP contribution in [0.2, 0.25) is 0 Å². The first-order valence-corrected chi connectivity index (χ1v) is 4.05. The Hall–Kier alpha value is -0.810. The van der Waals surface area contributed by atoms with Crippen molar-refractivity contribution >= 4 is 6.03 Å². The van der Waals surface area contributed by atoms with E-state index in [9.17, 15) is 4.79 Å². The molecule has 1 aliphatic heterocycles. The highest BCUT2D eigenvalue weighted by Gasteiger charge is 2.23. The molecule has 0 aromatic carbocycles. The molecule has 5 heteroatoms. The van der Waals surface area contributed by atoms with Crippen molar-refractivity contribution in [2.75, 3.05) is 26.2 Å². The van der Waals surface area contributed by atoms with Gasteiger partial charge in [-0.15, -0.1) is 0 Å². The SMILES string of the molecule is O=C(NCCO)N1CC[C@H](O)C1. The van der Waals surface area contributed by atoms with E-state index in [4.69, 9.17) is 10.2 Å². The molecule has 0 aliphatic carbocycles. The lowest BCUT2D eigenvalue weighted by atomic mass is 10.3. The van der Waals surface area contributed by atoms with Crippen LogP contribution in [-0.2, 0) is 0 Å². The molecular formula is C7H14N2O3. The monoisotopic (exact) mass is 174 g/mol. The number of nitrogens with one attached hydrogen (secondary N) is 1. The second-order valence-corrected chi connectivity index (χ2v) is 2.84. The second-order valence-electron chi connectivity index (χ2n) is 2.84. The summed E-state index contributed by atoms with van der Waals surface area (Å²) >= 11 is 0. The van der Waals surface area contributed by atoms with E-state index in [0.29, 0.717) is 19.5 Å². The molecule has 1 saturated heterocycles. The number of carbonyl (C=O) groups is 1. The Morgan fingerprint density at radius 1 is 1.67 bits per heavy atom. The predicted molar refractivity (Wildman–Crippen MR) is 42.7 cm³/mol. The molecule has 1 fully saturated rings. The number of urea groups is 1. The summed E-state index contributed by atoms with van der Waals surface area (Å²) in [6.45, 7) is 1.21. The van der Waals surface area contributed by atoms with E-state index in [1.165, 1.54) is 0 Å². The first kappa shape index (κ1) is 9.28. The zero-order valence-electron chi connectivity index (χ0n) is 6.86. The Bertz CT molecular complexity index is 163. The average molecular weight is 174 g/mol. The Morgan fingerprint density at radius 2 is 2.42 bits per heavy atom. The normalized spacial score (nSPS) is 22.8. The first-order chi connectivity index (χ1) is 5.74. The van der Waals surface area contributed by atoms with Crippen molar-refractivity contribution in [3.8, 4) is 0 Å². The summed E-state index contributed by atoms with van der Waals surface area (Å²) in [5, 5.41) is 20.1. The third-order valence-corrected chi connectivity index (χ3v) is 1.84. The fraction of sp³-hybridized carbons (Fsp3) is 0.857. The molecule has 0 bridgehead atoms. The minimum Gasteiger partial charge on any atom is -0.395 e. The number of nitrogens with zero attached hydrogens (tertiary/aromatic N) is 1. The number of aliphatic hydroxyl groups is 2. The van der Waals surface area contributed by atoms with Crippen LogP contribution >= 0.6 is 0 Å². The van der Waals surface area contributed by atoms with Gasteiger partial charge in [0, 0.05) is 19.6 Å². The highest BCUT2D eigenvalue weighted by atomic mass is 16.3. The quantitative estimate of drug-likeness (QED) is 0.490. The van der Waals surface area contributed by atoms with Gasteiger partial charge in [-0.25, -0.2) is 4.79 Å². The van der Waals surface area contributed by atoms with Gasteiger partial charge in [-0.2, -0.15) is 0 Å². The molecule has 0 spiro atoms. The maximum Gasteiger partial charge on any atom is 0.317 e. The molecule has 5 nitrogen and oxygen atoms in total. The van der Waals surface area contributed by atoms with Crippen LogP contribution < -0.4 is 5.32 Å². The smallest absolute Gasteiger partial charge is 0.317 e. The molecule has 1 aliphatic rings. The maximum absolute atomic E-state index is 11.1. The lowest BCUT2D eigenvalue weighted by Crippen LogP contribution is -2.40. The van der Waals surface area contributed by atoms with Crippen molar-refractivity contribution in [3.05, 3.63) is 0 Å². The van der Waals surface area contributed by atoms with Gasteiger partial charge < -0.3 is 20.4 Å². The second kappa shape index (κ2) is 4.27. The van der Waals surface area contributed by atoms with Gasteiger partial charge in [0.2, 0.25) is 0 Å². The van der Waals surface area contributed by atoms with Crippen molar-refractivity contribution < 1.29 is 15.0 Å². The minimum atomic E-state index is -0.384. The van der Waals surface area contributed by atoms with Crippen molar-refractivity contribution in [1.29, 1.82) is 0 Å². The Morgan fingerprint density at radius 3 is 2.92 bits per heavy atom. The number of hydrogen-bond acceptors (Lipinski definition) is 3. The van der Waals surface area contributed by atoms with Gasteiger partial charge in [-0.3, -0.25) is 0 Å². The van der Waals surface area contributed by atoms with Crippen LogP contribution in [0, 0.1) is 0 Å². The molecule has 0 aromatic heterocycles. The van der Waals surface area contributed by atoms with Crippen molar-refractivity contribution in [2.24, 2.45) is 0 Å². The molecular weight excluding hydrogens is 160 g/mol. The summed E-state index contributed by atoms with van der Waals surface area (Å²) in [7, 11) is 0. The van der Waals surface area contributed by atoms with Crippen molar-refractivity contribution in [2.45, 2.75) is 12.5 Å². The van der Waals surface area contributed by atoms with Crippen LogP contribution in [-0.4, -0.2) is 53.5 Å². The van der Waals surface area contributed by atoms with Crippen LogP contribution in [0.25, 0.3) is 0 Å². The zero-order valence-corrected chi connectivity index (χ0v) is 6.86. The van der Waals surface area contributed by atoms with E-state index in [-0.39, 0.29) is 25.3 Å². The van der Waals surface area contributed by atoms with E-state index >= 15 is 0 Å². The molecule has 0 unspecified atom stereocenters. The van der Waals surface area contributed by atoms with Crippen LogP contribution in [0.15, 0.2) is 0 Å². The number of amides is 2. The van der Waals surface area contributed by atoms with Gasteiger partial charge in [-0.1, -0.05) is 0 Å². The summed E-state index contributed by atoms with van der Waals surface area (Å²) in [5.74, 6) is 0. The van der Waals surface area contributed by atoms with Gasteiger partial charge in [0.25, 0.3) is 0 Å². The number of aliphatic hydroxyl groups excluding tert-OH is 2. The predicted octanol–water partition coefficient (Wildman–Crippen LogP) is -1.25. The van der Waals surface area contributed by atoms with E-state index < -0.39 is 0 Å². The van der Waals surface area contributed by atoms with E-state index in [1.54, 1.807) is 4.90 Å². The topological polar surface area (TPSA) is 72.8 Å². The molecule has 1 heterocycles. The number of carbonyl (C=O) groups excluding carboxylic acids is 1. The van der Waals surface area contributed by atoms with Crippen LogP contribution in [0.3, 0.4) is 0 Å². The number of β-amino-alcohol motifs (C(OH)–C–C–N with tert-alkyl or cyclic N) is 1. The van der Waals surface area contributed by atoms with Gasteiger partial charge in [0.15, 0.2) is 0 Å². The van der Waals surface area contributed by atoms with Gasteiger partial charge in [0.1, 0.15) is 0 Å². The standard InChI is InChI=1S/C7H14N2O3/c10-4-2-8-7(12)9-3-1-6(11)5-9/h6,10-11H,1-5H2,(H,8,12)/t6-/m0/s1. The Kier molecular flexibility index (Phi) is 3.31. The summed E-state index contributed by atoms with van der Waals surface area (Å²) in [6.07, 6.45) is 0.261. The number of likely N-dealkylation sites (tertiary alicyclic amines) is 1. The summed E-state index contributed by atoms with van der Waals surface area (Å²) in [6, 6.07) is -0.208. The average Bonchev–Trinajstić information content (AvgIpc) is 2.47. The molecule has 0 aromatic rings. The number of hydrogen-bond donors (Lipinski definition) is 3. The van der Waals surface area contributed by atoms with E-state index in [1.807, 2.05) is 0 Å². The largest absolute Gasteiger partial charge is 0.395 e. The first-order valence-electron chi connectivity index (χ1n) is 4.05. The molecule has 1 atom stereocenters. The Labute approximate surface area is 71.0 Å². The molecule has 70 valence electrons. The van der Waals surface area contributed by atoms with Crippen LogP contribution in [0.5, 0.6) is 0 Å². The lowest BCUT2D eigenvalue weighted by molar-refractivity contribution is 0.170. The third-order valence-electron chi connectivity index (χ3n) is 1.84. The summed E-state index contributed by atoms with van der Waals surface area (Å²) in [4.78, 5) is 12.7. The van der Waals surface area contributed by atoms with Gasteiger partial charge in [0.05, 0.1) is 12.7 Å². The third kappa shape index (κ3) is 2.35. The molecule has 2 amide bonds. The minimum absolute atomic E-state index is 0.0534.